The Morgan fingerprint density at radius 3 is 1.87 bits per heavy atom. The summed E-state index contributed by atoms with van der Waals surface area (Å²) in [4.78, 5) is 0. The summed E-state index contributed by atoms with van der Waals surface area (Å²) in [6.45, 7) is 12.1. The normalized spacial score (nSPS) is 17.2. The molecule has 0 N–H and O–H groups in total. The quantitative estimate of drug-likeness (QED) is 0.119. The summed E-state index contributed by atoms with van der Waals surface area (Å²) < 4.78 is 6.71. The standard InChI is InChI=1S/C21H23.C18H17.2CH3.2ClH.H2Si.Zr/c1-3-4-6-9-17-14-20-16(2)12-13-19(21(20)15-17)18-10-7-5-8-11-18;1-13(2)16-11-15-9-6-10-17(18(15)12-16)14-7-4-3-5-8-14;;;;;;/h5,7-8,10-15H,3-4,6,9H2,1-2H3;3-13H,1-2H3;2*1H3;2*1H;1H2;. The van der Waals surface area contributed by atoms with Gasteiger partial charge in [-0.3, -0.25) is 0 Å². The first kappa shape index (κ1) is 35.9. The molecule has 0 nitrogen and oxygen atoms in total. The molecule has 0 aromatic heterocycles. The number of unbranched alkanes of at least 4 members (excludes halogenated alkanes) is 2. The van der Waals surface area contributed by atoms with Crippen LogP contribution in [0.2, 0.25) is 9.26 Å². The van der Waals surface area contributed by atoms with Gasteiger partial charge in [-0.05, 0) is 0 Å². The van der Waals surface area contributed by atoms with E-state index < -0.39 is 17.4 Å². The molecule has 0 saturated carbocycles. The molecule has 236 valence electrons. The van der Waals surface area contributed by atoms with Crippen molar-refractivity contribution in [3.8, 4) is 22.3 Å². The smallest absolute Gasteiger partial charge is 0.147 e. The predicted octanol–water partition coefficient (Wildman–Crippen LogP) is 12.3. The van der Waals surface area contributed by atoms with Crippen molar-refractivity contribution in [2.75, 3.05) is 0 Å². The van der Waals surface area contributed by atoms with Crippen LogP contribution in [0.4, 0.5) is 0 Å². The summed E-state index contributed by atoms with van der Waals surface area (Å²) in [6, 6.07) is 34.1. The van der Waals surface area contributed by atoms with Crippen LogP contribution in [-0.4, -0.2) is 6.88 Å². The Balaban J connectivity index is 0.00000230. The number of rotatable bonds is 9. The topological polar surface area (TPSA) is 0 Å². The minimum atomic E-state index is -3.72. The first-order chi connectivity index (χ1) is 20.6. The molecule has 0 aliphatic heterocycles. The number of benzene rings is 4. The zero-order valence-electron chi connectivity index (χ0n) is 27.9. The first-order valence-electron chi connectivity index (χ1n) is 16.5. The molecule has 4 heteroatoms. The maximum atomic E-state index is 2.81. The molecule has 4 aromatic carbocycles. The molecule has 2 unspecified atom stereocenters. The fourth-order valence-electron chi connectivity index (χ4n) is 8.51. The second-order valence-electron chi connectivity index (χ2n) is 14.6. The molecule has 0 fully saturated rings. The van der Waals surface area contributed by atoms with Crippen molar-refractivity contribution in [2.45, 2.75) is 69.9 Å². The molecule has 6 rings (SSSR count). The maximum absolute atomic E-state index is 3.72. The van der Waals surface area contributed by atoms with Gasteiger partial charge >= 0.3 is 264 Å². The Bertz CT molecular complexity index is 1790. The van der Waals surface area contributed by atoms with Gasteiger partial charge in [-0.15, -0.1) is 24.8 Å². The van der Waals surface area contributed by atoms with Gasteiger partial charge in [0.05, 0.1) is 0 Å². The Morgan fingerprint density at radius 2 is 1.29 bits per heavy atom. The van der Waals surface area contributed by atoms with E-state index in [0.29, 0.717) is 13.2 Å². The summed E-state index contributed by atoms with van der Waals surface area (Å²) >= 11 is -3.72. The first-order valence-corrected chi connectivity index (χ1v) is 30.1. The second-order valence-corrected chi connectivity index (χ2v) is 45.0. The van der Waals surface area contributed by atoms with Crippen LogP contribution in [0.15, 0.2) is 102 Å². The predicted molar refractivity (Wildman–Crippen MR) is 204 cm³/mol. The molecule has 0 amide bonds. The van der Waals surface area contributed by atoms with E-state index in [2.05, 4.69) is 147 Å². The van der Waals surface area contributed by atoms with Gasteiger partial charge in [0.2, 0.25) is 0 Å². The third kappa shape index (κ3) is 6.47. The summed E-state index contributed by atoms with van der Waals surface area (Å²) in [5.41, 5.74) is 16.5. The van der Waals surface area contributed by atoms with Gasteiger partial charge in [-0.2, -0.15) is 0 Å². The SMILES string of the molecule is CCCCCC1=Cc2c(-c3ccccc3)ccc(C)c2[CH]1[Zr]([CH3])([CH3])(=[SiH2])[CH]1C(C(C)C)=Cc2c(-c3ccccc3)cccc21.Cl.Cl. The van der Waals surface area contributed by atoms with E-state index in [1.807, 2.05) is 0 Å². The average Bonchev–Trinajstić information content (AvgIpc) is 3.60. The van der Waals surface area contributed by atoms with Crippen molar-refractivity contribution in [1.82, 2.24) is 0 Å². The number of hydrogen-bond donors (Lipinski definition) is 0. The third-order valence-electron chi connectivity index (χ3n) is 10.4. The van der Waals surface area contributed by atoms with Gasteiger partial charge in [0.15, 0.2) is 0 Å². The van der Waals surface area contributed by atoms with Gasteiger partial charge < -0.3 is 0 Å². The fourth-order valence-corrected chi connectivity index (χ4v) is 28.4. The minimum Gasteiger partial charge on any atom is -0.147 e. The van der Waals surface area contributed by atoms with Crippen LogP contribution < -0.4 is 0 Å². The van der Waals surface area contributed by atoms with Crippen LogP contribution in [0.5, 0.6) is 0 Å². The fraction of sp³-hybridized carbons (Fsp3) is 0.317. The van der Waals surface area contributed by atoms with E-state index in [9.17, 15) is 0 Å². The van der Waals surface area contributed by atoms with Gasteiger partial charge in [-0.1, -0.05) is 0 Å². The Hall–Kier alpha value is -1.96. The molecule has 0 radical (unpaired) electrons. The van der Waals surface area contributed by atoms with Crippen molar-refractivity contribution in [3.05, 3.63) is 130 Å². The summed E-state index contributed by atoms with van der Waals surface area (Å²) in [6.07, 6.45) is 10.3. The molecule has 45 heavy (non-hydrogen) atoms. The molecule has 0 heterocycles. The number of halogens is 2. The maximum Gasteiger partial charge on any atom is -0.147 e. The van der Waals surface area contributed by atoms with Crippen molar-refractivity contribution >= 4 is 43.8 Å². The molecule has 2 aliphatic rings. The van der Waals surface area contributed by atoms with Crippen LogP contribution in [-0.2, 0) is 17.4 Å². The molecule has 0 saturated heterocycles. The number of hydrogen-bond acceptors (Lipinski definition) is 0. The van der Waals surface area contributed by atoms with Crippen LogP contribution in [0.1, 0.15) is 81.5 Å². The van der Waals surface area contributed by atoms with E-state index in [4.69, 9.17) is 0 Å². The Labute approximate surface area is 287 Å². The summed E-state index contributed by atoms with van der Waals surface area (Å²) in [5.74, 6) is 0.517. The molecule has 2 atom stereocenters. The van der Waals surface area contributed by atoms with Gasteiger partial charge in [-0.25, -0.2) is 0 Å². The van der Waals surface area contributed by atoms with E-state index in [1.54, 1.807) is 22.3 Å². The molecule has 0 bridgehead atoms. The van der Waals surface area contributed by atoms with Gasteiger partial charge in [0.1, 0.15) is 0 Å². The van der Waals surface area contributed by atoms with Gasteiger partial charge in [0, 0.05) is 0 Å². The number of fused-ring (bicyclic) bond motifs is 2. The van der Waals surface area contributed by atoms with Crippen LogP contribution in [0, 0.1) is 12.8 Å². The van der Waals surface area contributed by atoms with Crippen LogP contribution in [0.25, 0.3) is 34.4 Å². The average molecular weight is 733 g/mol. The van der Waals surface area contributed by atoms with Crippen LogP contribution in [0.3, 0.4) is 0 Å². The van der Waals surface area contributed by atoms with Gasteiger partial charge in [0.25, 0.3) is 0 Å². The van der Waals surface area contributed by atoms with E-state index in [0.717, 1.165) is 0 Å². The van der Waals surface area contributed by atoms with Crippen molar-refractivity contribution in [2.24, 2.45) is 5.92 Å². The van der Waals surface area contributed by atoms with E-state index >= 15 is 0 Å². The van der Waals surface area contributed by atoms with E-state index in [1.165, 1.54) is 64.6 Å². The molecule has 0 spiro atoms. The number of aryl methyl sites for hydroxylation is 1. The summed E-state index contributed by atoms with van der Waals surface area (Å²) in [7, 11) is 0. The molecule has 4 aromatic rings. The van der Waals surface area contributed by atoms with Crippen LogP contribution >= 0.6 is 24.8 Å². The zero-order chi connectivity index (χ0) is 30.4. The van der Waals surface area contributed by atoms with Crippen molar-refractivity contribution in [3.63, 3.8) is 0 Å². The van der Waals surface area contributed by atoms with Crippen molar-refractivity contribution in [1.29, 1.82) is 0 Å². The molecular weight excluding hydrogens is 683 g/mol. The van der Waals surface area contributed by atoms with Crippen molar-refractivity contribution < 1.29 is 17.4 Å². The summed E-state index contributed by atoms with van der Waals surface area (Å²) in [5, 5.41) is 0. The zero-order valence-corrected chi connectivity index (χ0v) is 33.4. The Morgan fingerprint density at radius 1 is 0.689 bits per heavy atom. The third-order valence-corrected chi connectivity index (χ3v) is 27.7. The monoisotopic (exact) mass is 730 g/mol. The molecule has 2 aliphatic carbocycles. The second kappa shape index (κ2) is 14.0. The minimum absolute atomic E-state index is 0. The molecular formula is C41H50Cl2SiZr. The number of allylic oxidation sites excluding steroid dienone is 2. The van der Waals surface area contributed by atoms with E-state index in [-0.39, 0.29) is 24.8 Å². The Kier molecular flexibility index (Phi) is 11.2. The largest absolute Gasteiger partial charge is 0.147 e.